The molecule has 0 atom stereocenters. The summed E-state index contributed by atoms with van der Waals surface area (Å²) in [7, 11) is 0. The van der Waals surface area contributed by atoms with Gasteiger partial charge in [-0.05, 0) is 11.6 Å². The van der Waals surface area contributed by atoms with E-state index < -0.39 is 0 Å². The van der Waals surface area contributed by atoms with Gasteiger partial charge in [-0.2, -0.15) is 0 Å². The van der Waals surface area contributed by atoms with E-state index in [0.717, 1.165) is 16.8 Å². The van der Waals surface area contributed by atoms with Crippen LogP contribution >= 0.6 is 0 Å². The summed E-state index contributed by atoms with van der Waals surface area (Å²) < 4.78 is 0. The molecule has 0 spiro atoms. The third kappa shape index (κ3) is 2.57. The second kappa shape index (κ2) is 5.27. The minimum atomic E-state index is 0.540. The van der Waals surface area contributed by atoms with Gasteiger partial charge in [-0.25, -0.2) is 15.0 Å². The maximum atomic E-state index is 4.08. The van der Waals surface area contributed by atoms with E-state index in [9.17, 15) is 0 Å². The van der Waals surface area contributed by atoms with Crippen LogP contribution in [0.5, 0.6) is 0 Å². The lowest BCUT2D eigenvalue weighted by Gasteiger charge is -2.10. The van der Waals surface area contributed by atoms with Gasteiger partial charge >= 0.3 is 0 Å². The minimum absolute atomic E-state index is 0.540. The number of nitrogens with one attached hydrogen (secondary N) is 1. The quantitative estimate of drug-likeness (QED) is 0.772. The zero-order chi connectivity index (χ0) is 12.9. The van der Waals surface area contributed by atoms with Gasteiger partial charge < -0.3 is 5.32 Å². The number of aromatic nitrogens is 3. The van der Waals surface area contributed by atoms with Crippen molar-refractivity contribution in [3.8, 4) is 11.1 Å². The number of rotatable bonds is 3. The van der Waals surface area contributed by atoms with E-state index in [1.54, 1.807) is 0 Å². The summed E-state index contributed by atoms with van der Waals surface area (Å²) in [6, 6.07) is 18.3. The lowest BCUT2D eigenvalue weighted by Crippen LogP contribution is -1.98. The Kier molecular flexibility index (Phi) is 3.14. The molecular weight excluding hydrogens is 236 g/mol. The Morgan fingerprint density at radius 1 is 0.737 bits per heavy atom. The van der Waals surface area contributed by atoms with Crippen molar-refractivity contribution in [2.75, 3.05) is 5.32 Å². The molecule has 0 aliphatic rings. The first-order chi connectivity index (χ1) is 9.43. The lowest BCUT2D eigenvalue weighted by molar-refractivity contribution is 1.05. The smallest absolute Gasteiger partial charge is 0.230 e. The van der Waals surface area contributed by atoms with Crippen LogP contribution in [0, 0.1) is 0 Å². The Labute approximate surface area is 111 Å². The van der Waals surface area contributed by atoms with Crippen LogP contribution in [0.3, 0.4) is 0 Å². The molecule has 1 aromatic heterocycles. The fraction of sp³-hybridized carbons (Fsp3) is 0. The molecule has 0 saturated carbocycles. The van der Waals surface area contributed by atoms with Gasteiger partial charge in [0, 0.05) is 11.3 Å². The summed E-state index contributed by atoms with van der Waals surface area (Å²) in [6.45, 7) is 0. The first-order valence-electron chi connectivity index (χ1n) is 5.97. The van der Waals surface area contributed by atoms with Crippen molar-refractivity contribution in [2.24, 2.45) is 0 Å². The van der Waals surface area contributed by atoms with Crippen LogP contribution in [0.15, 0.2) is 67.3 Å². The molecule has 4 nitrogen and oxygen atoms in total. The molecule has 3 rings (SSSR count). The fourth-order valence-corrected chi connectivity index (χ4v) is 1.89. The molecule has 0 amide bonds. The molecule has 2 aromatic carbocycles. The number of para-hydroxylation sites is 1. The summed E-state index contributed by atoms with van der Waals surface area (Å²) >= 11 is 0. The molecule has 0 fully saturated rings. The molecule has 1 heterocycles. The van der Waals surface area contributed by atoms with Gasteiger partial charge in [0.25, 0.3) is 0 Å². The zero-order valence-electron chi connectivity index (χ0n) is 10.2. The molecule has 0 bridgehead atoms. The van der Waals surface area contributed by atoms with Gasteiger partial charge in [0.05, 0.1) is 0 Å². The average Bonchev–Trinajstić information content (AvgIpc) is 2.50. The first-order valence-corrected chi connectivity index (χ1v) is 5.97. The van der Waals surface area contributed by atoms with Crippen LogP contribution in [-0.2, 0) is 0 Å². The monoisotopic (exact) mass is 248 g/mol. The van der Waals surface area contributed by atoms with E-state index in [-0.39, 0.29) is 0 Å². The molecule has 0 radical (unpaired) electrons. The van der Waals surface area contributed by atoms with Crippen LogP contribution in [-0.4, -0.2) is 15.0 Å². The van der Waals surface area contributed by atoms with Crippen LogP contribution in [0.25, 0.3) is 11.1 Å². The molecule has 0 unspecified atom stereocenters. The Bertz CT molecular complexity index is 653. The van der Waals surface area contributed by atoms with Crippen LogP contribution in [0.2, 0.25) is 0 Å². The Morgan fingerprint density at radius 2 is 1.42 bits per heavy atom. The van der Waals surface area contributed by atoms with E-state index in [4.69, 9.17) is 0 Å². The zero-order valence-corrected chi connectivity index (χ0v) is 10.2. The topological polar surface area (TPSA) is 50.7 Å². The van der Waals surface area contributed by atoms with Crippen molar-refractivity contribution in [2.45, 2.75) is 0 Å². The summed E-state index contributed by atoms with van der Waals surface area (Å²) in [5, 5.41) is 3.21. The SMILES string of the molecule is c1ccc(-c2ccccc2Nc2ncncn2)cc1. The summed E-state index contributed by atoms with van der Waals surface area (Å²) in [5.41, 5.74) is 3.24. The van der Waals surface area contributed by atoms with Gasteiger partial charge in [0.1, 0.15) is 12.7 Å². The standard InChI is InChI=1S/C15H12N4/c1-2-6-12(7-3-1)13-8-4-5-9-14(13)19-15-17-10-16-11-18-15/h1-11H,(H,16,17,18,19). The van der Waals surface area contributed by atoms with Crippen molar-refractivity contribution in [1.29, 1.82) is 0 Å². The maximum absolute atomic E-state index is 4.08. The Hall–Kier alpha value is -2.75. The number of hydrogen-bond donors (Lipinski definition) is 1. The predicted molar refractivity (Wildman–Crippen MR) is 75.0 cm³/mol. The van der Waals surface area contributed by atoms with Gasteiger partial charge in [0.15, 0.2) is 0 Å². The minimum Gasteiger partial charge on any atom is -0.324 e. The van der Waals surface area contributed by atoms with Crippen LogP contribution < -0.4 is 5.32 Å². The summed E-state index contributed by atoms with van der Waals surface area (Å²) in [6.07, 6.45) is 2.95. The number of hydrogen-bond acceptors (Lipinski definition) is 4. The van der Waals surface area contributed by atoms with Crippen molar-refractivity contribution < 1.29 is 0 Å². The largest absolute Gasteiger partial charge is 0.324 e. The highest BCUT2D eigenvalue weighted by Crippen LogP contribution is 2.28. The fourth-order valence-electron chi connectivity index (χ4n) is 1.89. The van der Waals surface area contributed by atoms with Crippen molar-refractivity contribution >= 4 is 11.6 Å². The molecule has 3 aromatic rings. The predicted octanol–water partition coefficient (Wildman–Crippen LogP) is 3.28. The van der Waals surface area contributed by atoms with Gasteiger partial charge in [0.2, 0.25) is 5.95 Å². The molecule has 19 heavy (non-hydrogen) atoms. The Morgan fingerprint density at radius 3 is 2.21 bits per heavy atom. The van der Waals surface area contributed by atoms with Gasteiger partial charge in [-0.1, -0.05) is 48.5 Å². The first kappa shape index (κ1) is 11.3. The van der Waals surface area contributed by atoms with E-state index in [1.165, 1.54) is 12.7 Å². The van der Waals surface area contributed by atoms with E-state index in [0.29, 0.717) is 5.95 Å². The molecule has 4 heteroatoms. The number of benzene rings is 2. The van der Waals surface area contributed by atoms with E-state index in [2.05, 4.69) is 38.5 Å². The van der Waals surface area contributed by atoms with Gasteiger partial charge in [-0.15, -0.1) is 0 Å². The van der Waals surface area contributed by atoms with Gasteiger partial charge in [-0.3, -0.25) is 0 Å². The third-order valence-electron chi connectivity index (χ3n) is 2.75. The highest BCUT2D eigenvalue weighted by Gasteiger charge is 2.05. The molecular formula is C15H12N4. The third-order valence-corrected chi connectivity index (χ3v) is 2.75. The number of nitrogens with zero attached hydrogens (tertiary/aromatic N) is 3. The Balaban J connectivity index is 1.99. The molecule has 92 valence electrons. The second-order valence-corrected chi connectivity index (χ2v) is 4.00. The van der Waals surface area contributed by atoms with Crippen molar-refractivity contribution in [1.82, 2.24) is 15.0 Å². The second-order valence-electron chi connectivity index (χ2n) is 4.00. The molecule has 0 saturated heterocycles. The van der Waals surface area contributed by atoms with Crippen molar-refractivity contribution in [3.63, 3.8) is 0 Å². The maximum Gasteiger partial charge on any atom is 0.230 e. The van der Waals surface area contributed by atoms with E-state index >= 15 is 0 Å². The summed E-state index contributed by atoms with van der Waals surface area (Å²) in [5.74, 6) is 0.540. The van der Waals surface area contributed by atoms with Crippen LogP contribution in [0.4, 0.5) is 11.6 Å². The van der Waals surface area contributed by atoms with Crippen LogP contribution in [0.1, 0.15) is 0 Å². The highest BCUT2D eigenvalue weighted by atomic mass is 15.1. The van der Waals surface area contributed by atoms with E-state index in [1.807, 2.05) is 36.4 Å². The lowest BCUT2D eigenvalue weighted by atomic mass is 10.0. The summed E-state index contributed by atoms with van der Waals surface area (Å²) in [4.78, 5) is 12.0. The number of anilines is 2. The molecule has 1 N–H and O–H groups in total. The molecule has 0 aliphatic heterocycles. The van der Waals surface area contributed by atoms with Crippen molar-refractivity contribution in [3.05, 3.63) is 67.3 Å². The normalized spacial score (nSPS) is 10.1. The highest BCUT2D eigenvalue weighted by molar-refractivity contribution is 5.79. The molecule has 0 aliphatic carbocycles. The average molecular weight is 248 g/mol.